The number of amides is 1. The van der Waals surface area contributed by atoms with Gasteiger partial charge < -0.3 is 15.6 Å². The van der Waals surface area contributed by atoms with Gasteiger partial charge in [0.15, 0.2) is 5.82 Å². The Labute approximate surface area is 123 Å². The largest absolute Gasteiger partial charge is 0.346 e. The first-order chi connectivity index (χ1) is 9.15. The van der Waals surface area contributed by atoms with E-state index in [0.717, 1.165) is 5.56 Å². The van der Waals surface area contributed by atoms with Crippen molar-refractivity contribution in [2.75, 3.05) is 0 Å². The first-order valence-electron chi connectivity index (χ1n) is 6.01. The molecule has 0 saturated heterocycles. The normalized spacial score (nSPS) is 11.5. The van der Waals surface area contributed by atoms with Gasteiger partial charge in [0.25, 0.3) is 0 Å². The SMILES string of the molecule is Cc1noc(CNC(=O)[C@@H](N)Cc2ccccc2)n1.Cl. The van der Waals surface area contributed by atoms with Crippen LogP contribution >= 0.6 is 12.4 Å². The van der Waals surface area contributed by atoms with Gasteiger partial charge >= 0.3 is 0 Å². The van der Waals surface area contributed by atoms with Gasteiger partial charge in [0.2, 0.25) is 11.8 Å². The number of aromatic nitrogens is 2. The van der Waals surface area contributed by atoms with Gasteiger partial charge in [-0.15, -0.1) is 12.4 Å². The van der Waals surface area contributed by atoms with Crippen molar-refractivity contribution in [3.63, 3.8) is 0 Å². The van der Waals surface area contributed by atoms with Crippen LogP contribution < -0.4 is 11.1 Å². The lowest BCUT2D eigenvalue weighted by Crippen LogP contribution is -2.41. The van der Waals surface area contributed by atoms with E-state index in [4.69, 9.17) is 10.3 Å². The Morgan fingerprint density at radius 2 is 2.10 bits per heavy atom. The molecule has 1 atom stereocenters. The van der Waals surface area contributed by atoms with Gasteiger partial charge in [-0.1, -0.05) is 35.5 Å². The number of benzene rings is 1. The van der Waals surface area contributed by atoms with Crippen LogP contribution in [0.5, 0.6) is 0 Å². The van der Waals surface area contributed by atoms with E-state index < -0.39 is 6.04 Å². The van der Waals surface area contributed by atoms with E-state index in [1.54, 1.807) is 6.92 Å². The molecule has 0 radical (unpaired) electrons. The van der Waals surface area contributed by atoms with Crippen molar-refractivity contribution in [2.45, 2.75) is 25.9 Å². The number of carbonyl (C=O) groups is 1. The van der Waals surface area contributed by atoms with E-state index in [2.05, 4.69) is 15.5 Å². The number of halogens is 1. The third-order valence-electron chi connectivity index (χ3n) is 2.62. The molecule has 0 saturated carbocycles. The second kappa shape index (κ2) is 7.62. The van der Waals surface area contributed by atoms with Crippen molar-refractivity contribution >= 4 is 18.3 Å². The van der Waals surface area contributed by atoms with Crippen molar-refractivity contribution in [1.29, 1.82) is 0 Å². The molecular weight excluding hydrogens is 280 g/mol. The van der Waals surface area contributed by atoms with Gasteiger partial charge in [0, 0.05) is 0 Å². The van der Waals surface area contributed by atoms with Gasteiger partial charge in [-0.05, 0) is 18.9 Å². The highest BCUT2D eigenvalue weighted by atomic mass is 35.5. The summed E-state index contributed by atoms with van der Waals surface area (Å²) in [5, 5.41) is 6.31. The number of hydrogen-bond acceptors (Lipinski definition) is 5. The molecule has 1 aromatic heterocycles. The molecule has 0 aliphatic rings. The summed E-state index contributed by atoms with van der Waals surface area (Å²) in [6, 6.07) is 9.05. The van der Waals surface area contributed by atoms with Crippen molar-refractivity contribution < 1.29 is 9.32 Å². The molecule has 2 rings (SSSR count). The molecule has 2 aromatic rings. The van der Waals surface area contributed by atoms with Gasteiger partial charge in [0.05, 0.1) is 12.6 Å². The molecule has 0 spiro atoms. The molecule has 108 valence electrons. The van der Waals surface area contributed by atoms with Crippen molar-refractivity contribution in [3.05, 3.63) is 47.6 Å². The van der Waals surface area contributed by atoms with E-state index in [1.807, 2.05) is 30.3 Å². The molecule has 0 unspecified atom stereocenters. The Kier molecular flexibility index (Phi) is 6.14. The average molecular weight is 297 g/mol. The molecule has 1 amide bonds. The lowest BCUT2D eigenvalue weighted by atomic mass is 10.1. The third kappa shape index (κ3) is 4.64. The molecule has 1 aromatic carbocycles. The highest BCUT2D eigenvalue weighted by Crippen LogP contribution is 2.02. The predicted molar refractivity (Wildman–Crippen MR) is 76.3 cm³/mol. The average Bonchev–Trinajstić information content (AvgIpc) is 2.83. The summed E-state index contributed by atoms with van der Waals surface area (Å²) in [5.41, 5.74) is 6.87. The van der Waals surface area contributed by atoms with Crippen LogP contribution in [0.1, 0.15) is 17.3 Å². The Balaban J connectivity index is 0.00000200. The summed E-state index contributed by atoms with van der Waals surface area (Å²) in [6.07, 6.45) is 0.496. The molecule has 7 heteroatoms. The number of aryl methyl sites for hydroxylation is 1. The van der Waals surface area contributed by atoms with Crippen LogP contribution in [0.25, 0.3) is 0 Å². The van der Waals surface area contributed by atoms with Crippen LogP contribution in [-0.4, -0.2) is 22.1 Å². The van der Waals surface area contributed by atoms with E-state index in [9.17, 15) is 4.79 Å². The number of nitrogens with two attached hydrogens (primary N) is 1. The minimum absolute atomic E-state index is 0. The Morgan fingerprint density at radius 1 is 1.40 bits per heavy atom. The van der Waals surface area contributed by atoms with Crippen molar-refractivity contribution in [3.8, 4) is 0 Å². The van der Waals surface area contributed by atoms with E-state index in [1.165, 1.54) is 0 Å². The molecule has 0 aliphatic heterocycles. The zero-order valence-corrected chi connectivity index (χ0v) is 11.9. The zero-order chi connectivity index (χ0) is 13.7. The maximum absolute atomic E-state index is 11.8. The topological polar surface area (TPSA) is 94.0 Å². The van der Waals surface area contributed by atoms with E-state index in [0.29, 0.717) is 18.1 Å². The summed E-state index contributed by atoms with van der Waals surface area (Å²) in [7, 11) is 0. The summed E-state index contributed by atoms with van der Waals surface area (Å²) < 4.78 is 4.90. The highest BCUT2D eigenvalue weighted by Gasteiger charge is 2.14. The van der Waals surface area contributed by atoms with Gasteiger partial charge in [0.1, 0.15) is 0 Å². The van der Waals surface area contributed by atoms with E-state index >= 15 is 0 Å². The third-order valence-corrected chi connectivity index (χ3v) is 2.62. The summed E-state index contributed by atoms with van der Waals surface area (Å²) in [5.74, 6) is 0.676. The number of nitrogens with one attached hydrogen (secondary N) is 1. The maximum Gasteiger partial charge on any atom is 0.246 e. The minimum Gasteiger partial charge on any atom is -0.346 e. The molecule has 0 bridgehead atoms. The standard InChI is InChI=1S/C13H16N4O2.ClH/c1-9-16-12(19-17-9)8-15-13(18)11(14)7-10-5-3-2-4-6-10;/h2-6,11H,7-8,14H2,1H3,(H,15,18);1H/t11-;/m0./s1. The lowest BCUT2D eigenvalue weighted by molar-refractivity contribution is -0.122. The van der Waals surface area contributed by atoms with Crippen LogP contribution in [0.4, 0.5) is 0 Å². The number of carbonyl (C=O) groups excluding carboxylic acids is 1. The highest BCUT2D eigenvalue weighted by molar-refractivity contribution is 5.85. The molecule has 20 heavy (non-hydrogen) atoms. The quantitative estimate of drug-likeness (QED) is 0.858. The predicted octanol–water partition coefficient (Wildman–Crippen LogP) is 0.986. The molecule has 6 nitrogen and oxygen atoms in total. The van der Waals surface area contributed by atoms with Crippen LogP contribution in [0.3, 0.4) is 0 Å². The van der Waals surface area contributed by atoms with Crippen molar-refractivity contribution in [1.82, 2.24) is 15.5 Å². The molecule has 0 aliphatic carbocycles. The zero-order valence-electron chi connectivity index (χ0n) is 11.1. The van der Waals surface area contributed by atoms with Crippen LogP contribution in [0.15, 0.2) is 34.9 Å². The monoisotopic (exact) mass is 296 g/mol. The smallest absolute Gasteiger partial charge is 0.246 e. The Hall–Kier alpha value is -1.92. The Bertz CT molecular complexity index is 544. The van der Waals surface area contributed by atoms with Crippen LogP contribution in [0, 0.1) is 6.92 Å². The first kappa shape index (κ1) is 16.1. The van der Waals surface area contributed by atoms with Crippen LogP contribution in [-0.2, 0) is 17.8 Å². The second-order valence-corrected chi connectivity index (χ2v) is 4.25. The minimum atomic E-state index is -0.591. The molecular formula is C13H17ClN4O2. The summed E-state index contributed by atoms with van der Waals surface area (Å²) in [6.45, 7) is 1.91. The first-order valence-corrected chi connectivity index (χ1v) is 6.01. The maximum atomic E-state index is 11.8. The van der Waals surface area contributed by atoms with Crippen molar-refractivity contribution in [2.24, 2.45) is 5.73 Å². The van der Waals surface area contributed by atoms with E-state index in [-0.39, 0.29) is 24.9 Å². The number of nitrogens with zero attached hydrogens (tertiary/aromatic N) is 2. The number of hydrogen-bond donors (Lipinski definition) is 2. The number of rotatable bonds is 5. The fourth-order valence-corrected chi connectivity index (χ4v) is 1.67. The van der Waals surface area contributed by atoms with Crippen LogP contribution in [0.2, 0.25) is 0 Å². The summed E-state index contributed by atoms with van der Waals surface area (Å²) in [4.78, 5) is 15.8. The molecule has 3 N–H and O–H groups in total. The molecule has 1 heterocycles. The lowest BCUT2D eigenvalue weighted by Gasteiger charge is -2.11. The fourth-order valence-electron chi connectivity index (χ4n) is 1.67. The Morgan fingerprint density at radius 3 is 2.70 bits per heavy atom. The molecule has 0 fully saturated rings. The van der Waals surface area contributed by atoms with Gasteiger partial charge in [-0.2, -0.15) is 4.98 Å². The second-order valence-electron chi connectivity index (χ2n) is 4.25. The van der Waals surface area contributed by atoms with Gasteiger partial charge in [-0.25, -0.2) is 0 Å². The fraction of sp³-hybridized carbons (Fsp3) is 0.308. The summed E-state index contributed by atoms with van der Waals surface area (Å²) >= 11 is 0. The van der Waals surface area contributed by atoms with Gasteiger partial charge in [-0.3, -0.25) is 4.79 Å².